The number of H-pyrrole nitrogens is 2. The zero-order chi connectivity index (χ0) is 28.7. The summed E-state index contributed by atoms with van der Waals surface area (Å²) in [5.74, 6) is 0.173. The van der Waals surface area contributed by atoms with Gasteiger partial charge in [0.25, 0.3) is 5.56 Å². The van der Waals surface area contributed by atoms with E-state index in [1.807, 2.05) is 50.4 Å². The van der Waals surface area contributed by atoms with Gasteiger partial charge in [0.15, 0.2) is 0 Å². The van der Waals surface area contributed by atoms with Crippen LogP contribution in [0.2, 0.25) is 0 Å². The maximum absolute atomic E-state index is 14.2. The van der Waals surface area contributed by atoms with Crippen LogP contribution in [0.15, 0.2) is 65.6 Å². The van der Waals surface area contributed by atoms with Gasteiger partial charge in [-0.15, -0.1) is 0 Å². The fraction of sp³-hybridized carbons (Fsp3) is 0.300. The van der Waals surface area contributed by atoms with Gasteiger partial charge in [0, 0.05) is 23.3 Å². The van der Waals surface area contributed by atoms with Gasteiger partial charge >= 0.3 is 6.18 Å². The third kappa shape index (κ3) is 5.82. The van der Waals surface area contributed by atoms with Crippen molar-refractivity contribution < 1.29 is 13.2 Å². The number of benzene rings is 2. The molecule has 220 valence electrons. The molecule has 0 saturated carbocycles. The Bertz CT molecular complexity index is 1760. The smallest absolute Gasteiger partial charge is 0.382 e. The van der Waals surface area contributed by atoms with E-state index in [1.54, 1.807) is 12.3 Å². The van der Waals surface area contributed by atoms with Gasteiger partial charge in [0.05, 0.1) is 39.5 Å². The summed E-state index contributed by atoms with van der Waals surface area (Å²) in [7, 11) is 2.00. The van der Waals surface area contributed by atoms with Crippen molar-refractivity contribution in [1.29, 1.82) is 0 Å². The minimum absolute atomic E-state index is 0. The zero-order valence-electron chi connectivity index (χ0n) is 23.1. The lowest BCUT2D eigenvalue weighted by Crippen LogP contribution is -2.37. The van der Waals surface area contributed by atoms with Crippen LogP contribution in [0.3, 0.4) is 0 Å². The molecule has 1 aliphatic rings. The molecule has 0 bridgehead atoms. The molecule has 1 aliphatic heterocycles. The van der Waals surface area contributed by atoms with Crippen LogP contribution in [0.4, 0.5) is 24.5 Å². The SMILES string of the molecule is C[C@H](Nc1c(-c2nc3cc(NC4CCN(C)CC4)c(C(F)(F)F)cc3[nH]2)c(=O)[nH]c2ccccc12)c1ccccn1.S. The third-order valence-electron chi connectivity index (χ3n) is 7.66. The molecule has 2 aromatic carbocycles. The fourth-order valence-corrected chi connectivity index (χ4v) is 5.44. The van der Waals surface area contributed by atoms with Crippen molar-refractivity contribution in [2.24, 2.45) is 0 Å². The monoisotopic (exact) mass is 595 g/mol. The summed E-state index contributed by atoms with van der Waals surface area (Å²) in [5.41, 5.74) is 1.45. The van der Waals surface area contributed by atoms with E-state index in [0.29, 0.717) is 16.7 Å². The van der Waals surface area contributed by atoms with Crippen LogP contribution < -0.4 is 16.2 Å². The molecule has 0 spiro atoms. The first kappa shape index (κ1) is 29.5. The van der Waals surface area contributed by atoms with Gasteiger partial charge in [-0.25, -0.2) is 4.98 Å². The average Bonchev–Trinajstić information content (AvgIpc) is 3.36. The summed E-state index contributed by atoms with van der Waals surface area (Å²) < 4.78 is 42.5. The number of piperidine rings is 1. The molecular formula is C30H32F3N7OS. The van der Waals surface area contributed by atoms with E-state index in [9.17, 15) is 18.0 Å². The van der Waals surface area contributed by atoms with E-state index in [2.05, 4.69) is 35.5 Å². The second-order valence-corrected chi connectivity index (χ2v) is 10.6. The van der Waals surface area contributed by atoms with Crippen molar-refractivity contribution in [2.45, 2.75) is 38.0 Å². The number of halogens is 3. The molecule has 0 aliphatic carbocycles. The first-order chi connectivity index (χ1) is 19.7. The molecule has 42 heavy (non-hydrogen) atoms. The van der Waals surface area contributed by atoms with Gasteiger partial charge in [-0.3, -0.25) is 9.78 Å². The second-order valence-electron chi connectivity index (χ2n) is 10.6. The number of anilines is 2. The van der Waals surface area contributed by atoms with Crippen LogP contribution in [0, 0.1) is 0 Å². The highest BCUT2D eigenvalue weighted by molar-refractivity contribution is 7.59. The Morgan fingerprint density at radius 1 is 1.02 bits per heavy atom. The standard InChI is InChI=1S/C30H30F3N7O.H2S/c1-17(21-8-5-6-12-34-21)35-27-19-7-3-4-9-22(19)39-29(41)26(27)28-37-24-15-20(30(31,32)33)23(16-25(24)38-28)36-18-10-13-40(2)14-11-18;/h3-9,12,15-18,36H,10-11,13-14H2,1-2H3,(H,37,38)(H2,35,39,41);1H2/t17-;/m0./s1. The number of hydrogen-bond donors (Lipinski definition) is 4. The Morgan fingerprint density at radius 2 is 1.76 bits per heavy atom. The highest BCUT2D eigenvalue weighted by Crippen LogP contribution is 2.39. The van der Waals surface area contributed by atoms with E-state index in [0.717, 1.165) is 43.1 Å². The second kappa shape index (κ2) is 11.7. The summed E-state index contributed by atoms with van der Waals surface area (Å²) >= 11 is 0. The normalized spacial score (nSPS) is 15.5. The number of likely N-dealkylation sites (tertiary alicyclic amines) is 1. The molecule has 4 heterocycles. The van der Waals surface area contributed by atoms with Crippen LogP contribution in [-0.4, -0.2) is 51.0 Å². The first-order valence-corrected chi connectivity index (χ1v) is 13.6. The van der Waals surface area contributed by atoms with Crippen molar-refractivity contribution in [3.05, 3.63) is 82.4 Å². The highest BCUT2D eigenvalue weighted by Gasteiger charge is 2.35. The zero-order valence-corrected chi connectivity index (χ0v) is 24.1. The summed E-state index contributed by atoms with van der Waals surface area (Å²) in [6.07, 6.45) is -1.39. The van der Waals surface area contributed by atoms with Gasteiger partial charge in [0.2, 0.25) is 0 Å². The molecule has 8 nitrogen and oxygen atoms in total. The number of hydrogen-bond acceptors (Lipinski definition) is 6. The van der Waals surface area contributed by atoms with Gasteiger partial charge in [-0.2, -0.15) is 26.7 Å². The Balaban J connectivity index is 0.00000353. The minimum atomic E-state index is -4.57. The largest absolute Gasteiger partial charge is 0.418 e. The van der Waals surface area contributed by atoms with Crippen LogP contribution in [0.5, 0.6) is 0 Å². The molecule has 5 aromatic rings. The molecule has 1 fully saturated rings. The van der Waals surface area contributed by atoms with Crippen molar-refractivity contribution >= 4 is 46.8 Å². The molecule has 0 radical (unpaired) electrons. The molecule has 0 amide bonds. The Labute approximate surface area is 247 Å². The number of pyridine rings is 2. The van der Waals surface area contributed by atoms with E-state index in [1.165, 1.54) is 6.07 Å². The molecule has 3 aromatic heterocycles. The first-order valence-electron chi connectivity index (χ1n) is 13.6. The van der Waals surface area contributed by atoms with E-state index < -0.39 is 17.3 Å². The summed E-state index contributed by atoms with van der Waals surface area (Å²) in [4.78, 5) is 30.6. The number of rotatable bonds is 6. The summed E-state index contributed by atoms with van der Waals surface area (Å²) in [6, 6.07) is 15.1. The lowest BCUT2D eigenvalue weighted by molar-refractivity contribution is -0.136. The number of imidazole rings is 1. The molecule has 4 N–H and O–H groups in total. The number of para-hydroxylation sites is 1. The van der Waals surface area contributed by atoms with Gasteiger partial charge < -0.3 is 25.5 Å². The Hall–Kier alpha value is -4.03. The summed E-state index contributed by atoms with van der Waals surface area (Å²) in [6.45, 7) is 3.55. The molecule has 12 heteroatoms. The average molecular weight is 596 g/mol. The third-order valence-corrected chi connectivity index (χ3v) is 7.66. The Kier molecular flexibility index (Phi) is 8.20. The van der Waals surface area contributed by atoms with Crippen molar-refractivity contribution in [2.75, 3.05) is 30.8 Å². The van der Waals surface area contributed by atoms with E-state index in [4.69, 9.17) is 0 Å². The maximum Gasteiger partial charge on any atom is 0.418 e. The van der Waals surface area contributed by atoms with Gasteiger partial charge in [0.1, 0.15) is 11.4 Å². The van der Waals surface area contributed by atoms with Crippen LogP contribution >= 0.6 is 13.5 Å². The number of fused-ring (bicyclic) bond motifs is 2. The number of aromatic nitrogens is 4. The molecule has 0 unspecified atom stereocenters. The molecule has 1 saturated heterocycles. The van der Waals surface area contributed by atoms with Gasteiger partial charge in [-0.05, 0) is 70.2 Å². The minimum Gasteiger partial charge on any atom is -0.382 e. The van der Waals surface area contributed by atoms with E-state index >= 15 is 0 Å². The van der Waals surface area contributed by atoms with Crippen molar-refractivity contribution in [3.8, 4) is 11.4 Å². The van der Waals surface area contributed by atoms with E-state index in [-0.39, 0.29) is 48.2 Å². The maximum atomic E-state index is 14.2. The van der Waals surface area contributed by atoms with Crippen molar-refractivity contribution in [3.63, 3.8) is 0 Å². The quantitative estimate of drug-likeness (QED) is 0.184. The fourth-order valence-electron chi connectivity index (χ4n) is 5.44. The topological polar surface area (TPSA) is 102 Å². The predicted molar refractivity (Wildman–Crippen MR) is 165 cm³/mol. The number of nitrogens with one attached hydrogen (secondary N) is 4. The number of alkyl halides is 3. The van der Waals surface area contributed by atoms with Crippen molar-refractivity contribution in [1.82, 2.24) is 24.8 Å². The number of nitrogens with zero attached hydrogens (tertiary/aromatic N) is 3. The van der Waals surface area contributed by atoms with Crippen LogP contribution in [0.25, 0.3) is 33.3 Å². The number of aromatic amines is 2. The van der Waals surface area contributed by atoms with Gasteiger partial charge in [-0.1, -0.05) is 24.3 Å². The molecular weight excluding hydrogens is 563 g/mol. The molecule has 6 rings (SSSR count). The summed E-state index contributed by atoms with van der Waals surface area (Å²) in [5, 5.41) is 7.28. The highest BCUT2D eigenvalue weighted by atomic mass is 32.1. The molecule has 1 atom stereocenters. The lowest BCUT2D eigenvalue weighted by Gasteiger charge is -2.30. The van der Waals surface area contributed by atoms with Crippen LogP contribution in [0.1, 0.15) is 37.1 Å². The lowest BCUT2D eigenvalue weighted by atomic mass is 10.0. The Morgan fingerprint density at radius 3 is 2.48 bits per heavy atom. The van der Waals surface area contributed by atoms with Crippen LogP contribution in [-0.2, 0) is 6.18 Å². The predicted octanol–water partition coefficient (Wildman–Crippen LogP) is 6.28.